The summed E-state index contributed by atoms with van der Waals surface area (Å²) in [6.45, 7) is 1.88. The van der Waals surface area contributed by atoms with Crippen LogP contribution < -0.4 is 19.7 Å². The van der Waals surface area contributed by atoms with Gasteiger partial charge in [-0.05, 0) is 54.4 Å². The number of imide groups is 1. The minimum atomic E-state index is -0.505. The van der Waals surface area contributed by atoms with E-state index in [1.165, 1.54) is 38.5 Å². The first-order valence-electron chi connectivity index (χ1n) is 9.87. The molecule has 1 N–H and O–H groups in total. The van der Waals surface area contributed by atoms with Crippen LogP contribution in [0.15, 0.2) is 72.4 Å². The zero-order valence-electron chi connectivity index (χ0n) is 17.8. The number of benzene rings is 3. The molecule has 162 valence electrons. The van der Waals surface area contributed by atoms with E-state index >= 15 is 0 Å². The molecule has 0 saturated carbocycles. The number of rotatable bonds is 6. The van der Waals surface area contributed by atoms with Crippen LogP contribution in [0.3, 0.4) is 0 Å². The first kappa shape index (κ1) is 21.1. The van der Waals surface area contributed by atoms with Gasteiger partial charge in [-0.15, -0.1) is 0 Å². The number of hydrogen-bond acceptors (Lipinski definition) is 5. The number of amides is 2. The number of anilines is 2. The Hall–Kier alpha value is -4.13. The molecule has 2 amide bonds. The van der Waals surface area contributed by atoms with Crippen molar-refractivity contribution in [3.05, 3.63) is 89.4 Å². The Labute approximate surface area is 184 Å². The maximum atomic E-state index is 13.5. The molecule has 3 aromatic rings. The fourth-order valence-corrected chi connectivity index (χ4v) is 3.59. The predicted octanol–water partition coefficient (Wildman–Crippen LogP) is 4.55. The summed E-state index contributed by atoms with van der Waals surface area (Å²) in [6, 6.07) is 17.7. The van der Waals surface area contributed by atoms with Crippen molar-refractivity contribution in [2.75, 3.05) is 24.4 Å². The topological polar surface area (TPSA) is 67.9 Å². The quantitative estimate of drug-likeness (QED) is 0.579. The Bertz CT molecular complexity index is 1230. The Morgan fingerprint density at radius 3 is 2.22 bits per heavy atom. The molecule has 0 fully saturated rings. The van der Waals surface area contributed by atoms with E-state index < -0.39 is 17.6 Å². The Morgan fingerprint density at radius 2 is 1.56 bits per heavy atom. The number of carbonyl (C=O) groups excluding carboxylic acids is 2. The summed E-state index contributed by atoms with van der Waals surface area (Å²) in [5.41, 5.74) is 2.59. The minimum Gasteiger partial charge on any atom is -0.493 e. The molecule has 0 saturated heterocycles. The van der Waals surface area contributed by atoms with Crippen LogP contribution in [0.5, 0.6) is 11.5 Å². The van der Waals surface area contributed by atoms with Crippen molar-refractivity contribution in [3.63, 3.8) is 0 Å². The van der Waals surface area contributed by atoms with Gasteiger partial charge in [0, 0.05) is 11.8 Å². The van der Waals surface area contributed by atoms with Crippen molar-refractivity contribution in [3.8, 4) is 11.5 Å². The molecule has 4 rings (SSSR count). The van der Waals surface area contributed by atoms with Crippen molar-refractivity contribution in [1.29, 1.82) is 0 Å². The fourth-order valence-electron chi connectivity index (χ4n) is 3.59. The van der Waals surface area contributed by atoms with E-state index in [4.69, 9.17) is 9.47 Å². The van der Waals surface area contributed by atoms with Gasteiger partial charge in [0.05, 0.1) is 25.5 Å². The van der Waals surface area contributed by atoms with Crippen LogP contribution in [-0.4, -0.2) is 26.0 Å². The lowest BCUT2D eigenvalue weighted by atomic mass is 10.0. The van der Waals surface area contributed by atoms with Gasteiger partial charge in [0.1, 0.15) is 11.5 Å². The maximum Gasteiger partial charge on any atom is 0.282 e. The van der Waals surface area contributed by atoms with Crippen molar-refractivity contribution < 1.29 is 23.5 Å². The lowest BCUT2D eigenvalue weighted by molar-refractivity contribution is -0.120. The predicted molar refractivity (Wildman–Crippen MR) is 120 cm³/mol. The van der Waals surface area contributed by atoms with Gasteiger partial charge in [-0.3, -0.25) is 9.59 Å². The molecule has 0 atom stereocenters. The number of halogens is 1. The molecule has 6 nitrogen and oxygen atoms in total. The van der Waals surface area contributed by atoms with E-state index in [0.29, 0.717) is 28.4 Å². The van der Waals surface area contributed by atoms with Crippen molar-refractivity contribution in [2.45, 2.75) is 6.92 Å². The molecule has 32 heavy (non-hydrogen) atoms. The molecular formula is C25H21FN2O4. The summed E-state index contributed by atoms with van der Waals surface area (Å²) >= 11 is 0. The second kappa shape index (κ2) is 8.55. The van der Waals surface area contributed by atoms with Crippen LogP contribution in [0.25, 0.3) is 5.57 Å². The van der Waals surface area contributed by atoms with Gasteiger partial charge in [0.15, 0.2) is 11.5 Å². The first-order valence-corrected chi connectivity index (χ1v) is 9.87. The summed E-state index contributed by atoms with van der Waals surface area (Å²) in [5.74, 6) is -0.435. The van der Waals surface area contributed by atoms with Gasteiger partial charge >= 0.3 is 0 Å². The average Bonchev–Trinajstić information content (AvgIpc) is 3.03. The molecule has 0 unspecified atom stereocenters. The standard InChI is InChI=1S/C25H21FN2O4/c1-15-5-4-6-19(13-15)28-24(29)22(16-7-9-17(26)10-8-16)23(25(28)30)27-18-11-12-20(31-2)21(14-18)32-3/h4-14,27H,1-3H3. The van der Waals surface area contributed by atoms with E-state index in [1.54, 1.807) is 36.4 Å². The van der Waals surface area contributed by atoms with Crippen LogP contribution in [0.2, 0.25) is 0 Å². The highest BCUT2D eigenvalue weighted by atomic mass is 19.1. The molecule has 0 aromatic heterocycles. The maximum absolute atomic E-state index is 13.5. The highest BCUT2D eigenvalue weighted by molar-refractivity contribution is 6.46. The molecule has 1 heterocycles. The third-order valence-corrected chi connectivity index (χ3v) is 5.13. The molecule has 0 aliphatic carbocycles. The van der Waals surface area contributed by atoms with E-state index in [9.17, 15) is 14.0 Å². The monoisotopic (exact) mass is 432 g/mol. The molecule has 0 radical (unpaired) electrons. The average molecular weight is 432 g/mol. The summed E-state index contributed by atoms with van der Waals surface area (Å²) < 4.78 is 24.1. The van der Waals surface area contributed by atoms with E-state index in [1.807, 2.05) is 13.0 Å². The molecule has 0 spiro atoms. The lowest BCUT2D eigenvalue weighted by Gasteiger charge is -2.16. The Kier molecular flexibility index (Phi) is 5.64. The largest absolute Gasteiger partial charge is 0.493 e. The van der Waals surface area contributed by atoms with E-state index in [2.05, 4.69) is 5.32 Å². The van der Waals surface area contributed by atoms with Crippen molar-refractivity contribution >= 4 is 28.8 Å². The molecule has 3 aromatic carbocycles. The highest BCUT2D eigenvalue weighted by Gasteiger charge is 2.40. The van der Waals surface area contributed by atoms with Gasteiger partial charge in [0.25, 0.3) is 11.8 Å². The lowest BCUT2D eigenvalue weighted by Crippen LogP contribution is -2.32. The zero-order chi connectivity index (χ0) is 22.8. The molecule has 0 bridgehead atoms. The number of carbonyl (C=O) groups is 2. The summed E-state index contributed by atoms with van der Waals surface area (Å²) in [4.78, 5) is 27.9. The molecule has 7 heteroatoms. The van der Waals surface area contributed by atoms with Crippen molar-refractivity contribution in [2.24, 2.45) is 0 Å². The normalized spacial score (nSPS) is 13.6. The Balaban J connectivity index is 1.81. The number of hydrogen-bond donors (Lipinski definition) is 1. The Morgan fingerprint density at radius 1 is 0.844 bits per heavy atom. The second-order valence-electron chi connectivity index (χ2n) is 7.24. The SMILES string of the molecule is COc1ccc(NC2=C(c3ccc(F)cc3)C(=O)N(c3cccc(C)c3)C2=O)cc1OC. The molecule has 1 aliphatic heterocycles. The summed E-state index contributed by atoms with van der Waals surface area (Å²) in [7, 11) is 3.04. The molecule has 1 aliphatic rings. The van der Waals surface area contributed by atoms with Gasteiger partial charge in [-0.1, -0.05) is 24.3 Å². The van der Waals surface area contributed by atoms with Crippen LogP contribution in [0, 0.1) is 12.7 Å². The minimum absolute atomic E-state index is 0.0929. The van der Waals surface area contributed by atoms with Crippen molar-refractivity contribution in [1.82, 2.24) is 0 Å². The highest BCUT2D eigenvalue weighted by Crippen LogP contribution is 2.36. The number of ether oxygens (including phenoxy) is 2. The van der Waals surface area contributed by atoms with Gasteiger partial charge in [-0.2, -0.15) is 0 Å². The zero-order valence-corrected chi connectivity index (χ0v) is 17.8. The summed E-state index contributed by atoms with van der Waals surface area (Å²) in [5, 5.41) is 3.06. The summed E-state index contributed by atoms with van der Waals surface area (Å²) in [6.07, 6.45) is 0. The van der Waals surface area contributed by atoms with Crippen LogP contribution >= 0.6 is 0 Å². The number of aryl methyl sites for hydroxylation is 1. The van der Waals surface area contributed by atoms with Gasteiger partial charge in [0.2, 0.25) is 0 Å². The number of methoxy groups -OCH3 is 2. The third kappa shape index (κ3) is 3.80. The van der Waals surface area contributed by atoms with Crippen LogP contribution in [0.1, 0.15) is 11.1 Å². The molecular weight excluding hydrogens is 411 g/mol. The van der Waals surface area contributed by atoms with Gasteiger partial charge in [-0.25, -0.2) is 9.29 Å². The van der Waals surface area contributed by atoms with E-state index in [0.717, 1.165) is 10.5 Å². The van der Waals surface area contributed by atoms with Crippen LogP contribution in [0.4, 0.5) is 15.8 Å². The first-order chi connectivity index (χ1) is 15.4. The van der Waals surface area contributed by atoms with E-state index in [-0.39, 0.29) is 11.3 Å². The second-order valence-corrected chi connectivity index (χ2v) is 7.24. The van der Waals surface area contributed by atoms with Gasteiger partial charge < -0.3 is 14.8 Å². The fraction of sp³-hybridized carbons (Fsp3) is 0.120. The number of nitrogens with zero attached hydrogens (tertiary/aromatic N) is 1. The smallest absolute Gasteiger partial charge is 0.282 e. The number of nitrogens with one attached hydrogen (secondary N) is 1. The van der Waals surface area contributed by atoms with Crippen LogP contribution in [-0.2, 0) is 9.59 Å². The third-order valence-electron chi connectivity index (χ3n) is 5.13.